The molecule has 0 saturated carbocycles. The minimum absolute atomic E-state index is 0.696. The van der Waals surface area contributed by atoms with Crippen LogP contribution < -0.4 is 5.32 Å². The van der Waals surface area contributed by atoms with Gasteiger partial charge in [0.25, 0.3) is 0 Å². The van der Waals surface area contributed by atoms with Crippen LogP contribution >= 0.6 is 0 Å². The van der Waals surface area contributed by atoms with E-state index in [1.807, 2.05) is 49.5 Å². The van der Waals surface area contributed by atoms with Gasteiger partial charge in [0.05, 0.1) is 16.7 Å². The quantitative estimate of drug-likeness (QED) is 0.776. The topological polar surface area (TPSA) is 50.7 Å². The summed E-state index contributed by atoms with van der Waals surface area (Å²) in [4.78, 5) is 13.2. The summed E-state index contributed by atoms with van der Waals surface area (Å²) in [6.45, 7) is 2.66. The summed E-state index contributed by atoms with van der Waals surface area (Å²) >= 11 is 0. The lowest BCUT2D eigenvalue weighted by Gasteiger charge is -2.09. The van der Waals surface area contributed by atoms with Gasteiger partial charge in [-0.15, -0.1) is 0 Å². The Labute approximate surface area is 111 Å². The van der Waals surface area contributed by atoms with Gasteiger partial charge in [-0.25, -0.2) is 9.97 Å². The molecule has 4 nitrogen and oxygen atoms in total. The van der Waals surface area contributed by atoms with Crippen LogP contribution in [0.4, 0.5) is 5.82 Å². The molecule has 0 aliphatic rings. The number of anilines is 1. The molecule has 1 N–H and O–H groups in total. The van der Waals surface area contributed by atoms with Crippen LogP contribution in [0.3, 0.4) is 0 Å². The van der Waals surface area contributed by atoms with Crippen LogP contribution in [-0.4, -0.2) is 15.0 Å². The number of nitrogens with one attached hydrogen (secondary N) is 1. The van der Waals surface area contributed by atoms with Crippen LogP contribution in [0.25, 0.3) is 11.0 Å². The van der Waals surface area contributed by atoms with E-state index in [1.165, 1.54) is 0 Å². The molecule has 0 atom stereocenters. The fourth-order valence-electron chi connectivity index (χ4n) is 1.94. The molecule has 2 heterocycles. The smallest absolute Gasteiger partial charge is 0.148 e. The number of rotatable bonds is 3. The van der Waals surface area contributed by atoms with E-state index in [9.17, 15) is 0 Å². The van der Waals surface area contributed by atoms with Gasteiger partial charge in [-0.05, 0) is 30.7 Å². The average Bonchev–Trinajstić information content (AvgIpc) is 2.46. The van der Waals surface area contributed by atoms with Gasteiger partial charge in [0.1, 0.15) is 5.82 Å². The van der Waals surface area contributed by atoms with Crippen LogP contribution in [0.2, 0.25) is 0 Å². The van der Waals surface area contributed by atoms with Gasteiger partial charge in [0, 0.05) is 18.9 Å². The van der Waals surface area contributed by atoms with Gasteiger partial charge < -0.3 is 5.32 Å². The van der Waals surface area contributed by atoms with E-state index in [4.69, 9.17) is 0 Å². The highest BCUT2D eigenvalue weighted by atomic mass is 15.0. The lowest BCUT2D eigenvalue weighted by atomic mass is 10.2. The van der Waals surface area contributed by atoms with Crippen molar-refractivity contribution in [1.29, 1.82) is 0 Å². The number of hydrogen-bond donors (Lipinski definition) is 1. The van der Waals surface area contributed by atoms with Gasteiger partial charge in [0.15, 0.2) is 0 Å². The van der Waals surface area contributed by atoms with Crippen molar-refractivity contribution in [1.82, 2.24) is 15.0 Å². The second kappa shape index (κ2) is 5.02. The Hall–Kier alpha value is -2.49. The Morgan fingerprint density at radius 2 is 1.79 bits per heavy atom. The maximum atomic E-state index is 4.60. The molecule has 0 fully saturated rings. The number of para-hydroxylation sites is 2. The maximum absolute atomic E-state index is 4.60. The minimum Gasteiger partial charge on any atom is -0.364 e. The summed E-state index contributed by atoms with van der Waals surface area (Å²) in [5.41, 5.74) is 3.85. The zero-order valence-electron chi connectivity index (χ0n) is 10.7. The first-order chi connectivity index (χ1) is 9.33. The number of hydrogen-bond acceptors (Lipinski definition) is 4. The molecule has 0 saturated heterocycles. The van der Waals surface area contributed by atoms with Crippen molar-refractivity contribution in [3.8, 4) is 0 Å². The molecule has 0 amide bonds. The number of pyridine rings is 1. The lowest BCUT2D eigenvalue weighted by Crippen LogP contribution is -2.05. The largest absolute Gasteiger partial charge is 0.364 e. The van der Waals surface area contributed by atoms with Gasteiger partial charge in [-0.3, -0.25) is 4.98 Å². The van der Waals surface area contributed by atoms with E-state index in [-0.39, 0.29) is 0 Å². The zero-order valence-corrected chi connectivity index (χ0v) is 10.7. The molecular weight excluding hydrogens is 236 g/mol. The van der Waals surface area contributed by atoms with Crippen LogP contribution in [0.5, 0.6) is 0 Å². The van der Waals surface area contributed by atoms with Crippen molar-refractivity contribution in [2.24, 2.45) is 0 Å². The second-order valence-corrected chi connectivity index (χ2v) is 4.36. The Balaban J connectivity index is 1.86. The van der Waals surface area contributed by atoms with Crippen molar-refractivity contribution in [2.75, 3.05) is 5.32 Å². The molecule has 3 rings (SSSR count). The fourth-order valence-corrected chi connectivity index (χ4v) is 1.94. The molecule has 0 unspecified atom stereocenters. The molecular formula is C15H14N4. The first kappa shape index (κ1) is 11.6. The number of fused-ring (bicyclic) bond motifs is 1. The molecule has 1 aromatic carbocycles. The van der Waals surface area contributed by atoms with E-state index in [2.05, 4.69) is 20.3 Å². The summed E-state index contributed by atoms with van der Waals surface area (Å²) in [5.74, 6) is 0.822. The SMILES string of the molecule is Cc1nc2ccccc2nc1NCc1cccnc1. The Kier molecular flexibility index (Phi) is 3.06. The molecule has 0 aliphatic heterocycles. The van der Waals surface area contributed by atoms with Gasteiger partial charge in [-0.2, -0.15) is 0 Å². The van der Waals surface area contributed by atoms with Crippen LogP contribution in [0, 0.1) is 6.92 Å². The summed E-state index contributed by atoms with van der Waals surface area (Å²) < 4.78 is 0. The van der Waals surface area contributed by atoms with Crippen molar-refractivity contribution in [2.45, 2.75) is 13.5 Å². The predicted octanol–water partition coefficient (Wildman–Crippen LogP) is 2.95. The molecule has 0 radical (unpaired) electrons. The average molecular weight is 250 g/mol. The Morgan fingerprint density at radius 3 is 2.53 bits per heavy atom. The predicted molar refractivity (Wildman–Crippen MR) is 75.8 cm³/mol. The highest BCUT2D eigenvalue weighted by molar-refractivity contribution is 5.76. The molecule has 94 valence electrons. The molecule has 0 spiro atoms. The third-order valence-electron chi connectivity index (χ3n) is 2.93. The van der Waals surface area contributed by atoms with E-state index in [0.717, 1.165) is 28.1 Å². The lowest BCUT2D eigenvalue weighted by molar-refractivity contribution is 1.06. The van der Waals surface area contributed by atoms with Crippen LogP contribution in [-0.2, 0) is 6.54 Å². The first-order valence-electron chi connectivity index (χ1n) is 6.19. The number of nitrogens with zero attached hydrogens (tertiary/aromatic N) is 3. The van der Waals surface area contributed by atoms with Crippen molar-refractivity contribution < 1.29 is 0 Å². The van der Waals surface area contributed by atoms with Crippen molar-refractivity contribution in [3.05, 3.63) is 60.0 Å². The minimum atomic E-state index is 0.696. The highest BCUT2D eigenvalue weighted by Crippen LogP contribution is 2.16. The molecule has 19 heavy (non-hydrogen) atoms. The number of benzene rings is 1. The van der Waals surface area contributed by atoms with Crippen molar-refractivity contribution >= 4 is 16.9 Å². The van der Waals surface area contributed by atoms with E-state index in [1.54, 1.807) is 6.20 Å². The molecule has 2 aromatic heterocycles. The molecule has 3 aromatic rings. The van der Waals surface area contributed by atoms with Crippen LogP contribution in [0.1, 0.15) is 11.3 Å². The number of aromatic nitrogens is 3. The fraction of sp³-hybridized carbons (Fsp3) is 0.133. The van der Waals surface area contributed by atoms with Gasteiger partial charge >= 0.3 is 0 Å². The standard InChI is InChI=1S/C15H14N4/c1-11-15(17-10-12-5-4-8-16-9-12)19-14-7-3-2-6-13(14)18-11/h2-9H,10H2,1H3,(H,17,19). The zero-order chi connectivity index (χ0) is 13.1. The number of aryl methyl sites for hydroxylation is 1. The molecule has 4 heteroatoms. The van der Waals surface area contributed by atoms with E-state index >= 15 is 0 Å². The normalized spacial score (nSPS) is 10.6. The summed E-state index contributed by atoms with van der Waals surface area (Å²) in [5, 5.41) is 3.31. The molecule has 0 aliphatic carbocycles. The monoisotopic (exact) mass is 250 g/mol. The highest BCUT2D eigenvalue weighted by Gasteiger charge is 2.04. The van der Waals surface area contributed by atoms with Crippen molar-refractivity contribution in [3.63, 3.8) is 0 Å². The van der Waals surface area contributed by atoms with E-state index < -0.39 is 0 Å². The van der Waals surface area contributed by atoms with Gasteiger partial charge in [-0.1, -0.05) is 18.2 Å². The third-order valence-corrected chi connectivity index (χ3v) is 2.93. The summed E-state index contributed by atoms with van der Waals surface area (Å²) in [7, 11) is 0. The first-order valence-corrected chi connectivity index (χ1v) is 6.19. The van der Waals surface area contributed by atoms with Crippen LogP contribution in [0.15, 0.2) is 48.8 Å². The third kappa shape index (κ3) is 2.52. The van der Waals surface area contributed by atoms with E-state index in [0.29, 0.717) is 6.54 Å². The summed E-state index contributed by atoms with van der Waals surface area (Å²) in [6.07, 6.45) is 3.61. The Bertz CT molecular complexity index is 695. The molecule has 0 bridgehead atoms. The summed E-state index contributed by atoms with van der Waals surface area (Å²) in [6, 6.07) is 11.8. The van der Waals surface area contributed by atoms with Gasteiger partial charge in [0.2, 0.25) is 0 Å². The maximum Gasteiger partial charge on any atom is 0.148 e. The Morgan fingerprint density at radius 1 is 1.00 bits per heavy atom. The second-order valence-electron chi connectivity index (χ2n) is 4.36.